The molecule has 37 heavy (non-hydrogen) atoms. The summed E-state index contributed by atoms with van der Waals surface area (Å²) in [5.74, 6) is -0.246. The Bertz CT molecular complexity index is 1230. The quantitative estimate of drug-likeness (QED) is 0.242. The normalized spacial score (nSPS) is 18.1. The number of thiophene rings is 1. The monoisotopic (exact) mass is 538 g/mol. The molecule has 0 spiro atoms. The summed E-state index contributed by atoms with van der Waals surface area (Å²) < 4.78 is 10.6. The van der Waals surface area contributed by atoms with Crippen molar-refractivity contribution in [2.24, 2.45) is 0 Å². The van der Waals surface area contributed by atoms with E-state index in [1.54, 1.807) is 22.4 Å². The van der Waals surface area contributed by atoms with Crippen LogP contribution in [0.4, 0.5) is 4.79 Å². The van der Waals surface area contributed by atoms with Gasteiger partial charge < -0.3 is 14.4 Å². The number of hydrogen-bond acceptors (Lipinski definition) is 9. The highest BCUT2D eigenvalue weighted by atomic mass is 32.2. The number of carbonyl (C=O) groups excluding carboxylic acids is 3. The van der Waals surface area contributed by atoms with Crippen LogP contribution in [0.3, 0.4) is 0 Å². The van der Waals surface area contributed by atoms with E-state index in [1.807, 2.05) is 53.9 Å². The van der Waals surface area contributed by atoms with Crippen LogP contribution in [0.25, 0.3) is 10.6 Å². The van der Waals surface area contributed by atoms with Crippen molar-refractivity contribution in [1.82, 2.24) is 19.8 Å². The molecule has 3 aromatic rings. The highest BCUT2D eigenvalue weighted by molar-refractivity contribution is 7.99. The molecule has 0 aliphatic carbocycles. The van der Waals surface area contributed by atoms with Gasteiger partial charge in [0, 0.05) is 25.3 Å². The molecule has 11 heteroatoms. The second-order valence-electron chi connectivity index (χ2n) is 8.70. The number of esters is 1. The predicted molar refractivity (Wildman–Crippen MR) is 139 cm³/mol. The first-order valence-corrected chi connectivity index (χ1v) is 13.9. The van der Waals surface area contributed by atoms with Crippen molar-refractivity contribution >= 4 is 41.1 Å². The molecule has 192 valence electrons. The molecule has 4 heterocycles. The molecule has 0 bridgehead atoms. The largest absolute Gasteiger partial charge is 0.459 e. The van der Waals surface area contributed by atoms with Gasteiger partial charge in [0.05, 0.1) is 16.3 Å². The Morgan fingerprint density at radius 3 is 2.68 bits per heavy atom. The zero-order chi connectivity index (χ0) is 25.6. The zero-order valence-electron chi connectivity index (χ0n) is 20.0. The molecule has 0 saturated carbocycles. The van der Waals surface area contributed by atoms with Crippen LogP contribution in [-0.2, 0) is 25.7 Å². The smallest absolute Gasteiger partial charge is 0.410 e. The summed E-state index contributed by atoms with van der Waals surface area (Å²) in [4.78, 5) is 51.2. The van der Waals surface area contributed by atoms with Crippen molar-refractivity contribution in [3.63, 3.8) is 0 Å². The van der Waals surface area contributed by atoms with Crippen LogP contribution >= 0.6 is 23.1 Å². The minimum absolute atomic E-state index is 0.00334. The van der Waals surface area contributed by atoms with Crippen molar-refractivity contribution in [3.05, 3.63) is 65.7 Å². The predicted octanol–water partition coefficient (Wildman–Crippen LogP) is 3.85. The number of aromatic nitrogens is 2. The van der Waals surface area contributed by atoms with E-state index in [2.05, 4.69) is 9.97 Å². The van der Waals surface area contributed by atoms with Crippen LogP contribution in [0.2, 0.25) is 0 Å². The molecule has 2 aliphatic rings. The Morgan fingerprint density at radius 1 is 1.11 bits per heavy atom. The third-order valence-electron chi connectivity index (χ3n) is 6.35. The van der Waals surface area contributed by atoms with Gasteiger partial charge in [-0.1, -0.05) is 48.2 Å². The summed E-state index contributed by atoms with van der Waals surface area (Å²) in [7, 11) is 0. The number of cyclic esters (lactones) is 1. The maximum absolute atomic E-state index is 12.8. The van der Waals surface area contributed by atoms with Gasteiger partial charge in [0.1, 0.15) is 13.2 Å². The zero-order valence-corrected chi connectivity index (χ0v) is 21.7. The highest BCUT2D eigenvalue weighted by Gasteiger charge is 2.44. The molecular weight excluding hydrogens is 512 g/mol. The van der Waals surface area contributed by atoms with Crippen molar-refractivity contribution in [2.45, 2.75) is 36.7 Å². The number of piperidine rings is 1. The first-order chi connectivity index (χ1) is 18.1. The third-order valence-corrected chi connectivity index (χ3v) is 8.09. The summed E-state index contributed by atoms with van der Waals surface area (Å²) >= 11 is 2.92. The molecule has 1 unspecified atom stereocenters. The maximum atomic E-state index is 12.8. The number of carbonyl (C=O) groups is 3. The molecule has 2 aromatic heterocycles. The van der Waals surface area contributed by atoms with Crippen LogP contribution in [0.5, 0.6) is 0 Å². The molecule has 2 saturated heterocycles. The maximum Gasteiger partial charge on any atom is 0.410 e. The van der Waals surface area contributed by atoms with Gasteiger partial charge in [-0.2, -0.15) is 0 Å². The number of rotatable bonds is 8. The minimum atomic E-state index is -0.771. The number of likely N-dealkylation sites (tertiary alicyclic amines) is 1. The molecule has 0 radical (unpaired) electrons. The Kier molecular flexibility index (Phi) is 8.00. The van der Waals surface area contributed by atoms with Crippen LogP contribution in [0.1, 0.15) is 18.4 Å². The first kappa shape index (κ1) is 25.2. The van der Waals surface area contributed by atoms with Gasteiger partial charge in [-0.25, -0.2) is 19.6 Å². The molecule has 2 aliphatic heterocycles. The molecule has 1 aromatic carbocycles. The van der Waals surface area contributed by atoms with Crippen molar-refractivity contribution in [1.29, 1.82) is 0 Å². The summed E-state index contributed by atoms with van der Waals surface area (Å²) in [6.45, 7) is 1.11. The summed E-state index contributed by atoms with van der Waals surface area (Å²) in [5, 5.41) is 2.56. The Morgan fingerprint density at radius 2 is 1.92 bits per heavy atom. The van der Waals surface area contributed by atoms with Crippen LogP contribution in [0, 0.1) is 0 Å². The summed E-state index contributed by atoms with van der Waals surface area (Å²) in [6, 6.07) is 14.3. The molecule has 0 N–H and O–H groups in total. The van der Waals surface area contributed by atoms with Crippen LogP contribution < -0.4 is 0 Å². The SMILES string of the molecule is O=C(OCc1ccccc1)C1COC(=O)N1C1CCN(C(=O)CSc2nccc(-c3cccs3)n2)CC1. The summed E-state index contributed by atoms with van der Waals surface area (Å²) in [6.07, 6.45) is 2.33. The van der Waals surface area contributed by atoms with E-state index in [1.165, 1.54) is 16.7 Å². The number of hydrogen-bond donors (Lipinski definition) is 0. The topological polar surface area (TPSA) is 102 Å². The van der Waals surface area contributed by atoms with E-state index in [0.29, 0.717) is 31.1 Å². The average molecular weight is 539 g/mol. The lowest BCUT2D eigenvalue weighted by atomic mass is 10.0. The van der Waals surface area contributed by atoms with E-state index >= 15 is 0 Å². The molecule has 1 atom stereocenters. The standard InChI is InChI=1S/C26H26N4O5S2/c31-23(17-37-25-27-11-8-20(28-25)22-7-4-14-36-22)29-12-9-19(10-13-29)30-21(16-35-26(30)33)24(32)34-15-18-5-2-1-3-6-18/h1-8,11,14,19,21H,9-10,12-13,15-17H2. The van der Waals surface area contributed by atoms with Gasteiger partial charge in [0.25, 0.3) is 0 Å². The lowest BCUT2D eigenvalue weighted by Crippen LogP contribution is -2.52. The van der Waals surface area contributed by atoms with E-state index in [-0.39, 0.29) is 30.9 Å². The molecule has 9 nitrogen and oxygen atoms in total. The number of benzene rings is 1. The average Bonchev–Trinajstić information content (AvgIpc) is 3.62. The lowest BCUT2D eigenvalue weighted by Gasteiger charge is -2.37. The van der Waals surface area contributed by atoms with Crippen molar-refractivity contribution < 1.29 is 23.9 Å². The van der Waals surface area contributed by atoms with Gasteiger partial charge in [-0.15, -0.1) is 11.3 Å². The molecule has 2 amide bonds. The first-order valence-electron chi connectivity index (χ1n) is 12.0. The van der Waals surface area contributed by atoms with Gasteiger partial charge in [-0.05, 0) is 35.9 Å². The molecule has 2 fully saturated rings. The third kappa shape index (κ3) is 6.11. The number of nitrogens with zero attached hydrogens (tertiary/aromatic N) is 4. The van der Waals surface area contributed by atoms with E-state index in [9.17, 15) is 14.4 Å². The number of ether oxygens (including phenoxy) is 2. The number of thioether (sulfide) groups is 1. The van der Waals surface area contributed by atoms with Crippen LogP contribution in [0.15, 0.2) is 65.3 Å². The highest BCUT2D eigenvalue weighted by Crippen LogP contribution is 2.27. The Labute approximate surface area is 222 Å². The Hall–Kier alpha value is -3.44. The fraction of sp³-hybridized carbons (Fsp3) is 0.346. The van der Waals surface area contributed by atoms with Gasteiger partial charge in [0.15, 0.2) is 11.2 Å². The number of amides is 2. The molecule has 5 rings (SSSR count). The second-order valence-corrected chi connectivity index (χ2v) is 10.6. The van der Waals surface area contributed by atoms with Crippen molar-refractivity contribution in [3.8, 4) is 10.6 Å². The van der Waals surface area contributed by atoms with E-state index in [4.69, 9.17) is 9.47 Å². The molecular formula is C26H26N4O5S2. The second kappa shape index (κ2) is 11.7. The van der Waals surface area contributed by atoms with Crippen LogP contribution in [-0.4, -0.2) is 75.3 Å². The Balaban J connectivity index is 1.11. The van der Waals surface area contributed by atoms with E-state index in [0.717, 1.165) is 16.1 Å². The van der Waals surface area contributed by atoms with Gasteiger partial charge in [0.2, 0.25) is 5.91 Å². The fourth-order valence-electron chi connectivity index (χ4n) is 4.43. The van der Waals surface area contributed by atoms with Crippen molar-refractivity contribution in [2.75, 3.05) is 25.4 Å². The summed E-state index contributed by atoms with van der Waals surface area (Å²) in [5.41, 5.74) is 1.72. The lowest BCUT2D eigenvalue weighted by molar-refractivity contribution is -0.150. The van der Waals surface area contributed by atoms with E-state index < -0.39 is 18.1 Å². The minimum Gasteiger partial charge on any atom is -0.459 e. The van der Waals surface area contributed by atoms with Gasteiger partial charge in [-0.3, -0.25) is 9.69 Å². The van der Waals surface area contributed by atoms with Gasteiger partial charge >= 0.3 is 12.1 Å². The fourth-order valence-corrected chi connectivity index (χ4v) is 5.85.